The largest absolute Gasteiger partial charge is 0.393 e. The third-order valence-electron chi connectivity index (χ3n) is 3.60. The minimum absolute atomic E-state index is 0.168. The first-order valence-corrected chi connectivity index (χ1v) is 7.40. The minimum atomic E-state index is -0.168. The van der Waals surface area contributed by atoms with Gasteiger partial charge in [0.15, 0.2) is 0 Å². The lowest BCUT2D eigenvalue weighted by molar-refractivity contribution is 0.169. The SMILES string of the molecule is CCCCC(=C=C1CCCCC1)C[C@H](O)CC. The highest BCUT2D eigenvalue weighted by atomic mass is 16.3. The normalized spacial score (nSPS) is 17.7. The van der Waals surface area contributed by atoms with Crippen molar-refractivity contribution >= 4 is 0 Å². The molecule has 1 heteroatoms. The van der Waals surface area contributed by atoms with Crippen LogP contribution in [0.3, 0.4) is 0 Å². The van der Waals surface area contributed by atoms with Crippen LogP contribution < -0.4 is 0 Å². The summed E-state index contributed by atoms with van der Waals surface area (Å²) in [6, 6.07) is 0. The average Bonchev–Trinajstić information content (AvgIpc) is 2.37. The van der Waals surface area contributed by atoms with Crippen molar-refractivity contribution in [1.29, 1.82) is 0 Å². The molecule has 17 heavy (non-hydrogen) atoms. The highest BCUT2D eigenvalue weighted by Gasteiger charge is 2.08. The molecule has 0 bridgehead atoms. The molecule has 0 spiro atoms. The Morgan fingerprint density at radius 3 is 2.53 bits per heavy atom. The molecule has 0 amide bonds. The molecule has 0 aromatic rings. The molecule has 1 saturated carbocycles. The second kappa shape index (κ2) is 8.55. The maximum atomic E-state index is 9.79. The van der Waals surface area contributed by atoms with Crippen LogP contribution in [0.25, 0.3) is 0 Å². The van der Waals surface area contributed by atoms with E-state index in [0.29, 0.717) is 0 Å². The molecule has 1 aliphatic rings. The molecule has 0 heterocycles. The lowest BCUT2D eigenvalue weighted by Gasteiger charge is -2.13. The first kappa shape index (κ1) is 14.5. The van der Waals surface area contributed by atoms with Gasteiger partial charge in [-0.1, -0.05) is 26.7 Å². The second-order valence-electron chi connectivity index (χ2n) is 5.26. The van der Waals surface area contributed by atoms with Crippen LogP contribution in [-0.4, -0.2) is 11.2 Å². The van der Waals surface area contributed by atoms with Gasteiger partial charge in [0.1, 0.15) is 0 Å². The van der Waals surface area contributed by atoms with Crippen LogP contribution in [0, 0.1) is 0 Å². The second-order valence-corrected chi connectivity index (χ2v) is 5.26. The Hall–Kier alpha value is -0.520. The van der Waals surface area contributed by atoms with Crippen LogP contribution in [0.4, 0.5) is 0 Å². The van der Waals surface area contributed by atoms with E-state index in [1.807, 2.05) is 0 Å². The van der Waals surface area contributed by atoms with Gasteiger partial charge >= 0.3 is 0 Å². The minimum Gasteiger partial charge on any atom is -0.393 e. The fraction of sp³-hybridized carbons (Fsp3) is 0.812. The number of rotatable bonds is 6. The summed E-state index contributed by atoms with van der Waals surface area (Å²) < 4.78 is 0. The van der Waals surface area contributed by atoms with E-state index in [2.05, 4.69) is 19.6 Å². The molecule has 1 N–H and O–H groups in total. The molecular weight excluding hydrogens is 208 g/mol. The van der Waals surface area contributed by atoms with Gasteiger partial charge in [0.25, 0.3) is 0 Å². The highest BCUT2D eigenvalue weighted by molar-refractivity contribution is 5.11. The van der Waals surface area contributed by atoms with Crippen molar-refractivity contribution in [2.45, 2.75) is 84.2 Å². The van der Waals surface area contributed by atoms with Crippen LogP contribution in [0.5, 0.6) is 0 Å². The molecule has 0 unspecified atom stereocenters. The lowest BCUT2D eigenvalue weighted by Crippen LogP contribution is -2.05. The van der Waals surface area contributed by atoms with Crippen molar-refractivity contribution in [3.8, 4) is 0 Å². The van der Waals surface area contributed by atoms with Crippen molar-refractivity contribution < 1.29 is 5.11 Å². The molecule has 0 aromatic heterocycles. The molecule has 0 radical (unpaired) electrons. The molecule has 1 rings (SSSR count). The van der Waals surface area contributed by atoms with E-state index in [1.165, 1.54) is 56.1 Å². The van der Waals surface area contributed by atoms with Crippen LogP contribution in [0.2, 0.25) is 0 Å². The topological polar surface area (TPSA) is 20.2 Å². The number of aliphatic hydroxyl groups is 1. The zero-order valence-corrected chi connectivity index (χ0v) is 11.6. The zero-order valence-electron chi connectivity index (χ0n) is 11.6. The number of hydrogen-bond acceptors (Lipinski definition) is 1. The summed E-state index contributed by atoms with van der Waals surface area (Å²) in [7, 11) is 0. The average molecular weight is 236 g/mol. The molecule has 1 fully saturated rings. The van der Waals surface area contributed by atoms with E-state index in [4.69, 9.17) is 0 Å². The molecule has 1 atom stereocenters. The van der Waals surface area contributed by atoms with Crippen LogP contribution in [0.15, 0.2) is 16.9 Å². The summed E-state index contributed by atoms with van der Waals surface area (Å²) in [4.78, 5) is 0. The van der Waals surface area contributed by atoms with E-state index in [0.717, 1.165) is 19.3 Å². The van der Waals surface area contributed by atoms with Crippen molar-refractivity contribution in [2.24, 2.45) is 0 Å². The van der Waals surface area contributed by atoms with Crippen LogP contribution in [-0.2, 0) is 0 Å². The summed E-state index contributed by atoms with van der Waals surface area (Å²) in [5.74, 6) is 0. The summed E-state index contributed by atoms with van der Waals surface area (Å²) in [5.41, 5.74) is 6.49. The Morgan fingerprint density at radius 1 is 1.24 bits per heavy atom. The Morgan fingerprint density at radius 2 is 1.94 bits per heavy atom. The zero-order chi connectivity index (χ0) is 12.5. The van der Waals surface area contributed by atoms with Crippen molar-refractivity contribution in [3.63, 3.8) is 0 Å². The van der Waals surface area contributed by atoms with Crippen molar-refractivity contribution in [3.05, 3.63) is 16.9 Å². The third-order valence-corrected chi connectivity index (χ3v) is 3.60. The van der Waals surface area contributed by atoms with Gasteiger partial charge in [-0.25, -0.2) is 0 Å². The maximum Gasteiger partial charge on any atom is 0.0580 e. The van der Waals surface area contributed by atoms with Gasteiger partial charge in [-0.05, 0) is 56.1 Å². The van der Waals surface area contributed by atoms with Gasteiger partial charge in [0, 0.05) is 6.42 Å². The fourth-order valence-electron chi connectivity index (χ4n) is 2.39. The number of unbranched alkanes of at least 4 members (excludes halogenated alkanes) is 1. The van der Waals surface area contributed by atoms with Gasteiger partial charge in [-0.3, -0.25) is 0 Å². The van der Waals surface area contributed by atoms with Gasteiger partial charge in [-0.15, -0.1) is 5.73 Å². The Labute approximate surface area is 107 Å². The van der Waals surface area contributed by atoms with Gasteiger partial charge in [0.2, 0.25) is 0 Å². The predicted molar refractivity (Wildman–Crippen MR) is 74.1 cm³/mol. The standard InChI is InChI=1S/C16H28O/c1-3-5-9-15(13-16(17)4-2)12-14-10-7-6-8-11-14/h16-17H,3-11,13H2,1-2H3/t16-/m1/s1. The summed E-state index contributed by atoms with van der Waals surface area (Å²) in [6.07, 6.45) is 11.6. The van der Waals surface area contributed by atoms with Crippen molar-refractivity contribution in [1.82, 2.24) is 0 Å². The van der Waals surface area contributed by atoms with Gasteiger partial charge < -0.3 is 5.11 Å². The molecule has 0 aliphatic heterocycles. The Balaban J connectivity index is 2.68. The summed E-state index contributed by atoms with van der Waals surface area (Å²) >= 11 is 0. The molecule has 0 saturated heterocycles. The fourth-order valence-corrected chi connectivity index (χ4v) is 2.39. The van der Waals surface area contributed by atoms with Crippen LogP contribution >= 0.6 is 0 Å². The monoisotopic (exact) mass is 236 g/mol. The predicted octanol–water partition coefficient (Wildman–Crippen LogP) is 4.75. The highest BCUT2D eigenvalue weighted by Crippen LogP contribution is 2.24. The maximum absolute atomic E-state index is 9.79. The summed E-state index contributed by atoms with van der Waals surface area (Å²) in [6.45, 7) is 4.28. The van der Waals surface area contributed by atoms with E-state index in [1.54, 1.807) is 0 Å². The number of hydrogen-bond donors (Lipinski definition) is 1. The van der Waals surface area contributed by atoms with Crippen molar-refractivity contribution in [2.75, 3.05) is 0 Å². The first-order chi connectivity index (χ1) is 8.26. The lowest BCUT2D eigenvalue weighted by atomic mass is 9.93. The Bertz CT molecular complexity index is 263. The quantitative estimate of drug-likeness (QED) is 0.660. The Kier molecular flexibility index (Phi) is 7.32. The van der Waals surface area contributed by atoms with E-state index in [-0.39, 0.29) is 6.10 Å². The molecular formula is C16H28O. The third kappa shape index (κ3) is 6.10. The summed E-state index contributed by atoms with van der Waals surface area (Å²) in [5, 5.41) is 9.79. The number of aliphatic hydroxyl groups excluding tert-OH is 1. The first-order valence-electron chi connectivity index (χ1n) is 7.40. The van der Waals surface area contributed by atoms with Crippen LogP contribution in [0.1, 0.15) is 78.1 Å². The smallest absolute Gasteiger partial charge is 0.0580 e. The van der Waals surface area contributed by atoms with E-state index < -0.39 is 0 Å². The molecule has 1 aliphatic carbocycles. The van der Waals surface area contributed by atoms with Gasteiger partial charge in [0.05, 0.1) is 6.10 Å². The van der Waals surface area contributed by atoms with Gasteiger partial charge in [-0.2, -0.15) is 0 Å². The molecule has 1 nitrogen and oxygen atoms in total. The van der Waals surface area contributed by atoms with E-state index >= 15 is 0 Å². The molecule has 0 aromatic carbocycles. The molecule has 98 valence electrons. The van der Waals surface area contributed by atoms with E-state index in [9.17, 15) is 5.11 Å².